The molecule has 3 rings (SSSR count). The highest BCUT2D eigenvalue weighted by Gasteiger charge is 2.47. The zero-order valence-electron chi connectivity index (χ0n) is 13.8. The van der Waals surface area contributed by atoms with Crippen LogP contribution in [-0.2, 0) is 11.8 Å². The predicted octanol–water partition coefficient (Wildman–Crippen LogP) is 2.40. The average molecular weight is 304 g/mol. The molecule has 1 amide bonds. The summed E-state index contributed by atoms with van der Waals surface area (Å²) < 4.78 is 1.80. The fraction of sp³-hybridized carbons (Fsp3) is 0.765. The molecule has 1 N–H and O–H groups in total. The van der Waals surface area contributed by atoms with Crippen LogP contribution in [0.1, 0.15) is 63.5 Å². The first-order valence-corrected chi connectivity index (χ1v) is 8.70. The van der Waals surface area contributed by atoms with Gasteiger partial charge >= 0.3 is 0 Å². The van der Waals surface area contributed by atoms with Crippen LogP contribution in [0.15, 0.2) is 12.4 Å². The average Bonchev–Trinajstić information content (AvgIpc) is 3.24. The maximum Gasteiger partial charge on any atom is 0.241 e. The van der Waals surface area contributed by atoms with Crippen molar-refractivity contribution < 1.29 is 4.79 Å². The van der Waals surface area contributed by atoms with Gasteiger partial charge in [-0.1, -0.05) is 19.8 Å². The fourth-order valence-corrected chi connectivity index (χ4v) is 4.13. The molecule has 2 fully saturated rings. The van der Waals surface area contributed by atoms with Gasteiger partial charge in [0.2, 0.25) is 5.91 Å². The van der Waals surface area contributed by atoms with Gasteiger partial charge in [0.1, 0.15) is 5.54 Å². The van der Waals surface area contributed by atoms with Gasteiger partial charge in [0, 0.05) is 18.8 Å². The summed E-state index contributed by atoms with van der Waals surface area (Å²) in [6.07, 6.45) is 11.6. The summed E-state index contributed by atoms with van der Waals surface area (Å²) in [6.45, 7) is 4.28. The van der Waals surface area contributed by atoms with Crippen LogP contribution in [0.4, 0.5) is 0 Å². The first-order valence-electron chi connectivity index (χ1n) is 8.70. The zero-order chi connectivity index (χ0) is 15.6. The van der Waals surface area contributed by atoms with Crippen molar-refractivity contribution in [3.05, 3.63) is 18.0 Å². The summed E-state index contributed by atoms with van der Waals surface area (Å²) in [5.41, 5.74) is 0.861. The molecular weight excluding hydrogens is 276 g/mol. The van der Waals surface area contributed by atoms with Crippen molar-refractivity contribution in [2.45, 2.75) is 63.5 Å². The molecule has 0 spiro atoms. The van der Waals surface area contributed by atoms with Crippen LogP contribution in [0.5, 0.6) is 0 Å². The van der Waals surface area contributed by atoms with Crippen LogP contribution in [0, 0.1) is 0 Å². The van der Waals surface area contributed by atoms with E-state index in [1.54, 1.807) is 4.68 Å². The summed E-state index contributed by atoms with van der Waals surface area (Å²) in [5, 5.41) is 7.56. The lowest BCUT2D eigenvalue weighted by Crippen LogP contribution is -2.56. The van der Waals surface area contributed by atoms with E-state index in [1.807, 2.05) is 19.4 Å². The van der Waals surface area contributed by atoms with E-state index < -0.39 is 0 Å². The highest BCUT2D eigenvalue weighted by Crippen LogP contribution is 2.38. The molecule has 2 aliphatic rings. The Balaban J connectivity index is 1.75. The summed E-state index contributed by atoms with van der Waals surface area (Å²) in [5.74, 6) is 0.239. The van der Waals surface area contributed by atoms with Crippen LogP contribution in [-0.4, -0.2) is 39.2 Å². The molecule has 1 aliphatic heterocycles. The maximum atomic E-state index is 13.1. The third kappa shape index (κ3) is 2.78. The van der Waals surface area contributed by atoms with Gasteiger partial charge in [0.25, 0.3) is 0 Å². The Morgan fingerprint density at radius 2 is 2.00 bits per heavy atom. The molecule has 1 aliphatic carbocycles. The van der Waals surface area contributed by atoms with E-state index in [4.69, 9.17) is 0 Å². The van der Waals surface area contributed by atoms with Crippen molar-refractivity contribution in [3.8, 4) is 0 Å². The topological polar surface area (TPSA) is 50.2 Å². The minimum Gasteiger partial charge on any atom is -0.348 e. The number of likely N-dealkylation sites (tertiary alicyclic amines) is 1. The highest BCUT2D eigenvalue weighted by atomic mass is 16.2. The Bertz CT molecular complexity index is 512. The number of aromatic nitrogens is 2. The van der Waals surface area contributed by atoms with Crippen molar-refractivity contribution in [3.63, 3.8) is 0 Å². The third-order valence-electron chi connectivity index (χ3n) is 5.41. The molecule has 1 aromatic heterocycles. The van der Waals surface area contributed by atoms with Crippen molar-refractivity contribution >= 4 is 5.91 Å². The molecule has 2 heterocycles. The van der Waals surface area contributed by atoms with Gasteiger partial charge in [-0.3, -0.25) is 14.4 Å². The molecule has 0 bridgehead atoms. The summed E-state index contributed by atoms with van der Waals surface area (Å²) in [6, 6.07) is 0.0706. The molecule has 0 aromatic carbocycles. The van der Waals surface area contributed by atoms with Crippen LogP contribution in [0.2, 0.25) is 0 Å². The van der Waals surface area contributed by atoms with Gasteiger partial charge in [0.15, 0.2) is 0 Å². The Kier molecular flexibility index (Phi) is 4.52. The summed E-state index contributed by atoms with van der Waals surface area (Å²) in [7, 11) is 1.92. The molecule has 1 atom stereocenters. The number of amides is 1. The second-order valence-electron chi connectivity index (χ2n) is 6.81. The number of rotatable bonds is 5. The lowest BCUT2D eigenvalue weighted by Gasteiger charge is -2.38. The second kappa shape index (κ2) is 6.41. The molecule has 5 heteroatoms. The second-order valence-corrected chi connectivity index (χ2v) is 6.81. The number of nitrogens with zero attached hydrogens (tertiary/aromatic N) is 3. The number of nitrogens with one attached hydrogen (secondary N) is 1. The van der Waals surface area contributed by atoms with E-state index in [9.17, 15) is 4.79 Å². The van der Waals surface area contributed by atoms with E-state index >= 15 is 0 Å². The SMILES string of the molecule is CCC(NC(=O)C1(N2CCCC2)CCCC1)c1cnn(C)c1. The Hall–Kier alpha value is -1.36. The molecule has 1 saturated carbocycles. The molecule has 1 unspecified atom stereocenters. The minimum atomic E-state index is -0.244. The van der Waals surface area contributed by atoms with Crippen molar-refractivity contribution in [1.29, 1.82) is 0 Å². The largest absolute Gasteiger partial charge is 0.348 e. The van der Waals surface area contributed by atoms with Crippen LogP contribution >= 0.6 is 0 Å². The number of carbonyl (C=O) groups is 1. The molecule has 122 valence electrons. The summed E-state index contributed by atoms with van der Waals surface area (Å²) >= 11 is 0. The van der Waals surface area contributed by atoms with Crippen molar-refractivity contribution in [1.82, 2.24) is 20.0 Å². The third-order valence-corrected chi connectivity index (χ3v) is 5.41. The van der Waals surface area contributed by atoms with Gasteiger partial charge in [-0.25, -0.2) is 0 Å². The lowest BCUT2D eigenvalue weighted by atomic mass is 9.93. The van der Waals surface area contributed by atoms with Gasteiger partial charge in [-0.2, -0.15) is 5.10 Å². The number of hydrogen-bond acceptors (Lipinski definition) is 3. The van der Waals surface area contributed by atoms with E-state index in [2.05, 4.69) is 22.2 Å². The standard InChI is InChI=1S/C17H28N4O/c1-3-15(14-12-18-20(2)13-14)19-16(22)17(8-4-5-9-17)21-10-6-7-11-21/h12-13,15H,3-11H2,1-2H3,(H,19,22). The highest BCUT2D eigenvalue weighted by molar-refractivity contribution is 5.87. The number of carbonyl (C=O) groups excluding carboxylic acids is 1. The molecule has 0 radical (unpaired) electrons. The van der Waals surface area contributed by atoms with Gasteiger partial charge < -0.3 is 5.32 Å². The fourth-order valence-electron chi connectivity index (χ4n) is 4.13. The van der Waals surface area contributed by atoms with Crippen LogP contribution in [0.3, 0.4) is 0 Å². The predicted molar refractivity (Wildman–Crippen MR) is 86.4 cm³/mol. The quantitative estimate of drug-likeness (QED) is 0.909. The van der Waals surface area contributed by atoms with E-state index in [-0.39, 0.29) is 17.5 Å². The Labute approximate surface area is 133 Å². The Morgan fingerprint density at radius 3 is 2.55 bits per heavy atom. The zero-order valence-corrected chi connectivity index (χ0v) is 13.8. The normalized spacial score (nSPS) is 22.8. The number of aryl methyl sites for hydroxylation is 1. The molecule has 1 aromatic rings. The van der Waals surface area contributed by atoms with E-state index in [1.165, 1.54) is 25.7 Å². The van der Waals surface area contributed by atoms with E-state index in [0.29, 0.717) is 0 Å². The monoisotopic (exact) mass is 304 g/mol. The van der Waals surface area contributed by atoms with Gasteiger partial charge in [-0.05, 0) is 45.2 Å². The molecule has 1 saturated heterocycles. The molecule has 5 nitrogen and oxygen atoms in total. The van der Waals surface area contributed by atoms with Gasteiger partial charge in [-0.15, -0.1) is 0 Å². The lowest BCUT2D eigenvalue weighted by molar-refractivity contribution is -0.133. The van der Waals surface area contributed by atoms with Gasteiger partial charge in [0.05, 0.1) is 12.2 Å². The summed E-state index contributed by atoms with van der Waals surface area (Å²) in [4.78, 5) is 15.6. The smallest absolute Gasteiger partial charge is 0.241 e. The number of hydrogen-bond donors (Lipinski definition) is 1. The van der Waals surface area contributed by atoms with Crippen LogP contribution < -0.4 is 5.32 Å². The van der Waals surface area contributed by atoms with E-state index in [0.717, 1.165) is 37.9 Å². The molecule has 22 heavy (non-hydrogen) atoms. The van der Waals surface area contributed by atoms with Crippen molar-refractivity contribution in [2.75, 3.05) is 13.1 Å². The van der Waals surface area contributed by atoms with Crippen LogP contribution in [0.25, 0.3) is 0 Å². The Morgan fingerprint density at radius 1 is 1.32 bits per heavy atom. The molecular formula is C17H28N4O. The minimum absolute atomic E-state index is 0.0706. The first kappa shape index (κ1) is 15.5. The van der Waals surface area contributed by atoms with Crippen molar-refractivity contribution in [2.24, 2.45) is 7.05 Å². The maximum absolute atomic E-state index is 13.1. The first-order chi connectivity index (χ1) is 10.7.